The molecule has 0 amide bonds. The van der Waals surface area contributed by atoms with Gasteiger partial charge < -0.3 is 24.8 Å². The lowest BCUT2D eigenvalue weighted by Gasteiger charge is -2.26. The highest BCUT2D eigenvalue weighted by atomic mass is 31.2. The number of para-hydroxylation sites is 1. The number of rotatable bonds is 10. The van der Waals surface area contributed by atoms with Crippen LogP contribution in [0.2, 0.25) is 0 Å². The largest absolute Gasteiger partial charge is 0.462 e. The smallest absolute Gasteiger partial charge is 0.459 e. The molecular weight excluding hydrogens is 529 g/mol. The van der Waals surface area contributed by atoms with E-state index < -0.39 is 50.1 Å². The summed E-state index contributed by atoms with van der Waals surface area (Å²) in [4.78, 5) is 20.5. The fourth-order valence-corrected chi connectivity index (χ4v) is 5.60. The van der Waals surface area contributed by atoms with Crippen LogP contribution in [0.5, 0.6) is 5.75 Å². The standard InChI is InChI=1S/C24H30N7O7P/c1-14(2)36-23(33)15(3)30-39(34,38-16-8-6-5-7-9-16)35-11-18-19(32)24(4,12-25)20(37-18)17-10-27-22-21(26)28-13-29-31(17)22/h5-10,13-15,18-20,32H,11H2,1-4H3,(H,30,34)(H2,26,28,29). The molecule has 208 valence electrons. The zero-order chi connectivity index (χ0) is 28.4. The fraction of sp³-hybridized carbons (Fsp3) is 0.458. The molecule has 1 aromatic carbocycles. The van der Waals surface area contributed by atoms with Gasteiger partial charge in [0.25, 0.3) is 0 Å². The first-order chi connectivity index (χ1) is 18.5. The van der Waals surface area contributed by atoms with Crippen molar-refractivity contribution in [2.45, 2.75) is 58.2 Å². The predicted octanol–water partition coefficient (Wildman–Crippen LogP) is 2.17. The third kappa shape index (κ3) is 5.88. The summed E-state index contributed by atoms with van der Waals surface area (Å²) in [5.74, 6) is -0.314. The van der Waals surface area contributed by atoms with E-state index in [4.69, 9.17) is 24.3 Å². The van der Waals surface area contributed by atoms with Crippen LogP contribution in [0.4, 0.5) is 5.82 Å². The summed E-state index contributed by atoms with van der Waals surface area (Å²) in [5, 5.41) is 27.9. The molecule has 0 saturated carbocycles. The minimum atomic E-state index is -4.23. The highest BCUT2D eigenvalue weighted by molar-refractivity contribution is 7.52. The van der Waals surface area contributed by atoms with E-state index in [1.54, 1.807) is 44.2 Å². The average Bonchev–Trinajstić information content (AvgIpc) is 3.43. The van der Waals surface area contributed by atoms with Crippen LogP contribution in [0, 0.1) is 16.7 Å². The number of benzene rings is 1. The molecule has 1 aliphatic heterocycles. The number of nitrogens with two attached hydrogens (primary N) is 1. The number of imidazole rings is 1. The molecule has 4 rings (SSSR count). The summed E-state index contributed by atoms with van der Waals surface area (Å²) >= 11 is 0. The Bertz CT molecular complexity index is 1410. The zero-order valence-electron chi connectivity index (χ0n) is 21.8. The third-order valence-corrected chi connectivity index (χ3v) is 7.77. The number of carbonyl (C=O) groups excluding carboxylic acids is 1. The Labute approximate surface area is 224 Å². The first-order valence-electron chi connectivity index (χ1n) is 12.1. The lowest BCUT2D eigenvalue weighted by Crippen LogP contribution is -2.39. The number of nitrogens with zero attached hydrogens (tertiary/aromatic N) is 5. The van der Waals surface area contributed by atoms with Crippen LogP contribution in [0.15, 0.2) is 42.9 Å². The van der Waals surface area contributed by atoms with E-state index in [1.165, 1.54) is 30.9 Å². The van der Waals surface area contributed by atoms with E-state index >= 15 is 0 Å². The number of aliphatic hydroxyl groups excluding tert-OH is 1. The highest BCUT2D eigenvalue weighted by Gasteiger charge is 2.56. The number of aromatic nitrogens is 4. The molecule has 2 aromatic heterocycles. The average molecular weight is 560 g/mol. The SMILES string of the molecule is CC(C)OC(=O)C(C)NP(=O)(OCC1OC(c2cnc3c(N)ncnn23)C(C)(C#N)C1O)Oc1ccccc1. The maximum atomic E-state index is 13.8. The molecule has 1 fully saturated rings. The van der Waals surface area contributed by atoms with Crippen molar-refractivity contribution in [2.24, 2.45) is 5.41 Å². The van der Waals surface area contributed by atoms with Crippen molar-refractivity contribution in [2.75, 3.05) is 12.3 Å². The molecule has 1 aliphatic rings. The molecular formula is C24H30N7O7P. The van der Waals surface area contributed by atoms with Crippen molar-refractivity contribution in [3.05, 3.63) is 48.5 Å². The van der Waals surface area contributed by atoms with E-state index in [-0.39, 0.29) is 23.3 Å². The van der Waals surface area contributed by atoms with Crippen LogP contribution in [0.25, 0.3) is 5.65 Å². The molecule has 0 spiro atoms. The number of nitriles is 1. The second-order valence-corrected chi connectivity index (χ2v) is 11.2. The number of esters is 1. The number of nitrogen functional groups attached to an aromatic ring is 1. The first-order valence-corrected chi connectivity index (χ1v) is 13.7. The van der Waals surface area contributed by atoms with Gasteiger partial charge >= 0.3 is 13.7 Å². The Morgan fingerprint density at radius 2 is 2.05 bits per heavy atom. The normalized spacial score (nSPS) is 25.2. The molecule has 14 nitrogen and oxygen atoms in total. The monoisotopic (exact) mass is 559 g/mol. The minimum absolute atomic E-state index is 0.128. The number of anilines is 1. The topological polar surface area (TPSA) is 196 Å². The summed E-state index contributed by atoms with van der Waals surface area (Å²) < 4.78 is 37.7. The summed E-state index contributed by atoms with van der Waals surface area (Å²) in [6.07, 6.45) is -1.21. The quantitative estimate of drug-likeness (QED) is 0.242. The molecule has 39 heavy (non-hydrogen) atoms. The van der Waals surface area contributed by atoms with Gasteiger partial charge in [-0.05, 0) is 39.8 Å². The van der Waals surface area contributed by atoms with E-state index in [1.807, 2.05) is 0 Å². The maximum absolute atomic E-state index is 13.8. The van der Waals surface area contributed by atoms with Crippen molar-refractivity contribution < 1.29 is 33.0 Å². The molecule has 3 aromatic rings. The second-order valence-electron chi connectivity index (χ2n) is 9.49. The Balaban J connectivity index is 1.57. The van der Waals surface area contributed by atoms with Crippen molar-refractivity contribution in [1.82, 2.24) is 24.7 Å². The van der Waals surface area contributed by atoms with Gasteiger partial charge in [0.1, 0.15) is 41.8 Å². The van der Waals surface area contributed by atoms with E-state index in [2.05, 4.69) is 26.2 Å². The third-order valence-electron chi connectivity index (χ3n) is 6.12. The van der Waals surface area contributed by atoms with Crippen LogP contribution in [0.1, 0.15) is 39.5 Å². The number of nitrogens with one attached hydrogen (secondary N) is 1. The predicted molar refractivity (Wildman–Crippen MR) is 137 cm³/mol. The fourth-order valence-electron chi connectivity index (χ4n) is 4.10. The van der Waals surface area contributed by atoms with Gasteiger partial charge in [0.2, 0.25) is 0 Å². The van der Waals surface area contributed by atoms with Crippen molar-refractivity contribution >= 4 is 25.2 Å². The Morgan fingerprint density at radius 1 is 1.33 bits per heavy atom. The molecule has 6 atom stereocenters. The van der Waals surface area contributed by atoms with Gasteiger partial charge in [0, 0.05) is 0 Å². The van der Waals surface area contributed by atoms with Gasteiger partial charge in [-0.25, -0.2) is 19.0 Å². The lowest BCUT2D eigenvalue weighted by molar-refractivity contribution is -0.149. The number of aliphatic hydroxyl groups is 1. The first kappa shape index (κ1) is 28.4. The molecule has 15 heteroatoms. The molecule has 3 heterocycles. The van der Waals surface area contributed by atoms with Crippen molar-refractivity contribution in [1.29, 1.82) is 5.26 Å². The number of hydrogen-bond acceptors (Lipinski definition) is 12. The number of ether oxygens (including phenoxy) is 2. The molecule has 6 unspecified atom stereocenters. The summed E-state index contributed by atoms with van der Waals surface area (Å²) in [6, 6.07) is 9.29. The van der Waals surface area contributed by atoms with Gasteiger partial charge in [0.05, 0.1) is 30.7 Å². The van der Waals surface area contributed by atoms with Crippen LogP contribution in [-0.4, -0.2) is 61.6 Å². The molecule has 0 aliphatic carbocycles. The maximum Gasteiger partial charge on any atom is 0.459 e. The van der Waals surface area contributed by atoms with Gasteiger partial charge in [0.15, 0.2) is 11.5 Å². The Hall–Kier alpha value is -3.60. The van der Waals surface area contributed by atoms with Crippen molar-refractivity contribution in [3.8, 4) is 11.8 Å². The lowest BCUT2D eigenvalue weighted by atomic mass is 9.80. The number of hydrogen-bond donors (Lipinski definition) is 3. The Kier molecular flexibility index (Phi) is 8.20. The molecule has 1 saturated heterocycles. The van der Waals surface area contributed by atoms with Crippen LogP contribution >= 0.6 is 7.75 Å². The highest BCUT2D eigenvalue weighted by Crippen LogP contribution is 2.50. The van der Waals surface area contributed by atoms with Crippen LogP contribution < -0.4 is 15.3 Å². The zero-order valence-corrected chi connectivity index (χ0v) is 22.7. The summed E-state index contributed by atoms with van der Waals surface area (Å²) in [7, 11) is -4.23. The van der Waals surface area contributed by atoms with E-state index in [9.17, 15) is 19.7 Å². The Morgan fingerprint density at radius 3 is 2.72 bits per heavy atom. The number of carbonyl (C=O) groups is 1. The van der Waals surface area contributed by atoms with Gasteiger partial charge in [-0.1, -0.05) is 18.2 Å². The van der Waals surface area contributed by atoms with Crippen LogP contribution in [0.3, 0.4) is 0 Å². The summed E-state index contributed by atoms with van der Waals surface area (Å²) in [5.41, 5.74) is 5.03. The van der Waals surface area contributed by atoms with Crippen molar-refractivity contribution in [3.63, 3.8) is 0 Å². The van der Waals surface area contributed by atoms with Crippen LogP contribution in [-0.2, 0) is 23.4 Å². The van der Waals surface area contributed by atoms with E-state index in [0.29, 0.717) is 5.69 Å². The molecule has 0 bridgehead atoms. The van der Waals surface area contributed by atoms with E-state index in [0.717, 1.165) is 0 Å². The second kappa shape index (κ2) is 11.3. The minimum Gasteiger partial charge on any atom is -0.462 e. The number of fused-ring (bicyclic) bond motifs is 1. The van der Waals surface area contributed by atoms with Gasteiger partial charge in [-0.2, -0.15) is 15.4 Å². The van der Waals surface area contributed by atoms with Gasteiger partial charge in [-0.15, -0.1) is 0 Å². The molecule has 4 N–H and O–H groups in total. The van der Waals surface area contributed by atoms with Gasteiger partial charge in [-0.3, -0.25) is 9.32 Å². The summed E-state index contributed by atoms with van der Waals surface area (Å²) in [6.45, 7) is 5.90. The molecule has 0 radical (unpaired) electrons.